The van der Waals surface area contributed by atoms with Gasteiger partial charge in [0, 0.05) is 45.1 Å². The van der Waals surface area contributed by atoms with Crippen molar-refractivity contribution in [2.45, 2.75) is 52.9 Å². The summed E-state index contributed by atoms with van der Waals surface area (Å²) in [7, 11) is 0. The number of hydrogen-bond acceptors (Lipinski definition) is 6. The third-order valence-corrected chi connectivity index (χ3v) is 7.15. The zero-order chi connectivity index (χ0) is 25.5. The van der Waals surface area contributed by atoms with Crippen molar-refractivity contribution in [2.24, 2.45) is 0 Å². The first-order chi connectivity index (χ1) is 17.5. The summed E-state index contributed by atoms with van der Waals surface area (Å²) >= 11 is 0. The van der Waals surface area contributed by atoms with Crippen LogP contribution in [0.15, 0.2) is 24.3 Å². The van der Waals surface area contributed by atoms with E-state index in [4.69, 9.17) is 9.47 Å². The predicted molar refractivity (Wildman–Crippen MR) is 140 cm³/mol. The highest BCUT2D eigenvalue weighted by molar-refractivity contribution is 5.96. The largest absolute Gasteiger partial charge is 0.494 e. The number of hydrogen-bond donors (Lipinski definition) is 0. The molecule has 4 rings (SSSR count). The SMILES string of the molecule is CCC(=O)OCN1C(=O)CCc2ccc(OCCCCN3CCN(c4c#ccc(C)c4C)CC3)cc21. The fraction of sp³-hybridized carbons (Fsp3) is 0.517. The summed E-state index contributed by atoms with van der Waals surface area (Å²) in [5.41, 5.74) is 5.62. The molecule has 0 saturated carbocycles. The predicted octanol–water partition coefficient (Wildman–Crippen LogP) is 4.07. The van der Waals surface area contributed by atoms with Crippen LogP contribution in [0.5, 0.6) is 5.75 Å². The lowest BCUT2D eigenvalue weighted by atomic mass is 10.0. The van der Waals surface area contributed by atoms with E-state index in [1.807, 2.05) is 24.3 Å². The number of ether oxygens (including phenoxy) is 2. The number of fused-ring (bicyclic) bond motifs is 1. The second-order valence-electron chi connectivity index (χ2n) is 9.57. The molecule has 2 aromatic rings. The minimum Gasteiger partial charge on any atom is -0.494 e. The molecule has 0 unspecified atom stereocenters. The first-order valence-corrected chi connectivity index (χ1v) is 13.0. The number of rotatable bonds is 10. The Hall–Kier alpha value is -3.24. The molecule has 7 nitrogen and oxygen atoms in total. The average molecular weight is 492 g/mol. The summed E-state index contributed by atoms with van der Waals surface area (Å²) in [6.45, 7) is 11.8. The van der Waals surface area contributed by atoms with Crippen LogP contribution in [0, 0.1) is 26.0 Å². The molecule has 1 amide bonds. The molecule has 36 heavy (non-hydrogen) atoms. The van der Waals surface area contributed by atoms with Crippen LogP contribution in [0.2, 0.25) is 0 Å². The quantitative estimate of drug-likeness (QED) is 0.369. The van der Waals surface area contributed by atoms with E-state index in [1.165, 1.54) is 16.8 Å². The van der Waals surface area contributed by atoms with E-state index >= 15 is 0 Å². The Labute approximate surface area is 215 Å². The molecular weight excluding hydrogens is 454 g/mol. The maximum atomic E-state index is 12.4. The summed E-state index contributed by atoms with van der Waals surface area (Å²) in [5.74, 6) is 0.397. The van der Waals surface area contributed by atoms with Gasteiger partial charge in [0.05, 0.1) is 18.0 Å². The second kappa shape index (κ2) is 12.1. The highest BCUT2D eigenvalue weighted by Crippen LogP contribution is 2.31. The van der Waals surface area contributed by atoms with Crippen LogP contribution >= 0.6 is 0 Å². The van der Waals surface area contributed by atoms with Gasteiger partial charge in [-0.3, -0.25) is 19.4 Å². The molecule has 2 heterocycles. The van der Waals surface area contributed by atoms with Gasteiger partial charge in [0.15, 0.2) is 6.73 Å². The molecule has 0 aromatic heterocycles. The van der Waals surface area contributed by atoms with Crippen molar-refractivity contribution in [1.82, 2.24) is 4.90 Å². The lowest BCUT2D eigenvalue weighted by Gasteiger charge is -2.36. The van der Waals surface area contributed by atoms with Gasteiger partial charge in [-0.25, -0.2) is 0 Å². The maximum Gasteiger partial charge on any atom is 0.307 e. The van der Waals surface area contributed by atoms with Crippen LogP contribution < -0.4 is 14.5 Å². The van der Waals surface area contributed by atoms with E-state index in [0.717, 1.165) is 62.6 Å². The monoisotopic (exact) mass is 491 g/mol. The maximum absolute atomic E-state index is 12.4. The Morgan fingerprint density at radius 3 is 2.67 bits per heavy atom. The standard InChI is InChI=1S/C29H37N3O4/c1-4-29(34)36-21-32-27-20-25(12-10-24(27)11-13-28(32)33)35-19-6-5-14-30-15-17-31(18-16-30)26-9-7-8-22(2)23(26)3/h8,10,12,20H,4-6,11,13-19,21H2,1-3H3. The Kier molecular flexibility index (Phi) is 8.71. The minimum atomic E-state index is -0.314. The molecule has 0 bridgehead atoms. The van der Waals surface area contributed by atoms with Crippen molar-refractivity contribution >= 4 is 23.3 Å². The molecule has 0 aliphatic carbocycles. The van der Waals surface area contributed by atoms with E-state index in [-0.39, 0.29) is 25.0 Å². The molecule has 2 aromatic carbocycles. The molecule has 0 atom stereocenters. The van der Waals surface area contributed by atoms with E-state index in [9.17, 15) is 9.59 Å². The van der Waals surface area contributed by atoms with Crippen molar-refractivity contribution < 1.29 is 19.1 Å². The van der Waals surface area contributed by atoms with Crippen molar-refractivity contribution in [3.05, 3.63) is 53.1 Å². The van der Waals surface area contributed by atoms with Crippen molar-refractivity contribution in [3.8, 4) is 5.75 Å². The highest BCUT2D eigenvalue weighted by atomic mass is 16.5. The zero-order valence-electron chi connectivity index (χ0n) is 21.8. The molecule has 2 aliphatic rings. The number of amides is 1. The number of benzene rings is 1. The van der Waals surface area contributed by atoms with Crippen molar-refractivity contribution in [1.29, 1.82) is 0 Å². The highest BCUT2D eigenvalue weighted by Gasteiger charge is 2.25. The Morgan fingerprint density at radius 1 is 1.08 bits per heavy atom. The first kappa shape index (κ1) is 25.8. The molecule has 0 radical (unpaired) electrons. The van der Waals surface area contributed by atoms with Gasteiger partial charge in [-0.2, -0.15) is 0 Å². The average Bonchev–Trinajstić information content (AvgIpc) is 2.89. The summed E-state index contributed by atoms with van der Waals surface area (Å²) in [4.78, 5) is 30.5. The molecule has 7 heteroatoms. The molecular formula is C29H37N3O4. The summed E-state index contributed by atoms with van der Waals surface area (Å²) in [6.07, 6.45) is 3.45. The van der Waals surface area contributed by atoms with E-state index in [1.54, 1.807) is 11.8 Å². The van der Waals surface area contributed by atoms with Gasteiger partial charge in [0.2, 0.25) is 5.91 Å². The van der Waals surface area contributed by atoms with Crippen LogP contribution in [0.1, 0.15) is 49.3 Å². The molecule has 1 saturated heterocycles. The third kappa shape index (κ3) is 6.30. The number of esters is 1. The van der Waals surface area contributed by atoms with Gasteiger partial charge >= 0.3 is 5.97 Å². The molecule has 192 valence electrons. The molecule has 0 spiro atoms. The summed E-state index contributed by atoms with van der Waals surface area (Å²) in [5, 5.41) is 0. The molecule has 1 fully saturated rings. The lowest BCUT2D eigenvalue weighted by Crippen LogP contribution is -2.46. The number of unbranched alkanes of at least 4 members (excludes halogenated alkanes) is 1. The van der Waals surface area contributed by atoms with Gasteiger partial charge in [-0.05, 0) is 74.5 Å². The molecule has 0 N–H and O–H groups in total. The van der Waals surface area contributed by atoms with Gasteiger partial charge in [0.25, 0.3) is 0 Å². The fourth-order valence-electron chi connectivity index (χ4n) is 4.73. The van der Waals surface area contributed by atoms with Gasteiger partial charge in [0.1, 0.15) is 5.75 Å². The number of carbonyl (C=O) groups excluding carboxylic acids is 2. The Morgan fingerprint density at radius 2 is 1.89 bits per heavy atom. The normalized spacial score (nSPS) is 15.9. The van der Waals surface area contributed by atoms with Crippen molar-refractivity contribution in [2.75, 3.05) is 55.9 Å². The fourth-order valence-corrected chi connectivity index (χ4v) is 4.73. The topological polar surface area (TPSA) is 62.3 Å². The van der Waals surface area contributed by atoms with E-state index < -0.39 is 0 Å². The van der Waals surface area contributed by atoms with Crippen molar-refractivity contribution in [3.63, 3.8) is 0 Å². The summed E-state index contributed by atoms with van der Waals surface area (Å²) < 4.78 is 11.2. The Balaban J connectivity index is 1.20. The second-order valence-corrected chi connectivity index (χ2v) is 9.57. The van der Waals surface area contributed by atoms with Gasteiger partial charge < -0.3 is 14.4 Å². The third-order valence-electron chi connectivity index (χ3n) is 7.15. The minimum absolute atomic E-state index is 0.0303. The number of anilines is 2. The van der Waals surface area contributed by atoms with E-state index in [2.05, 4.69) is 35.8 Å². The lowest BCUT2D eigenvalue weighted by molar-refractivity contribution is -0.143. The number of aryl methyl sites for hydroxylation is 2. The number of carbonyl (C=O) groups is 2. The molecule has 2 aliphatic heterocycles. The summed E-state index contributed by atoms with van der Waals surface area (Å²) in [6, 6.07) is 14.3. The van der Waals surface area contributed by atoms with Crippen LogP contribution in [0.4, 0.5) is 11.4 Å². The van der Waals surface area contributed by atoms with Crippen LogP contribution in [0.3, 0.4) is 0 Å². The van der Waals surface area contributed by atoms with Crippen LogP contribution in [-0.4, -0.2) is 62.8 Å². The van der Waals surface area contributed by atoms with Gasteiger partial charge in [-0.1, -0.05) is 19.1 Å². The van der Waals surface area contributed by atoms with Crippen LogP contribution in [0.25, 0.3) is 0 Å². The van der Waals surface area contributed by atoms with Gasteiger partial charge in [-0.15, -0.1) is 0 Å². The van der Waals surface area contributed by atoms with Crippen LogP contribution in [-0.2, 0) is 20.7 Å². The Bertz CT molecular complexity index is 1060. The zero-order valence-corrected chi connectivity index (χ0v) is 21.8. The number of nitrogens with zero attached hydrogens (tertiary/aromatic N) is 3. The number of piperazine rings is 1. The smallest absolute Gasteiger partial charge is 0.307 e. The first-order valence-electron chi connectivity index (χ1n) is 13.0. The van der Waals surface area contributed by atoms with E-state index in [0.29, 0.717) is 19.4 Å².